The molecule has 0 spiro atoms. The summed E-state index contributed by atoms with van der Waals surface area (Å²) in [6, 6.07) is 2.04. The van der Waals surface area contributed by atoms with Crippen LogP contribution in [-0.2, 0) is 5.88 Å². The highest BCUT2D eigenvalue weighted by atomic mass is 35.5. The Bertz CT molecular complexity index is 295. The lowest BCUT2D eigenvalue weighted by molar-refractivity contribution is 0.865. The van der Waals surface area contributed by atoms with Gasteiger partial charge in [-0.05, 0) is 31.4 Å². The number of hydrogen-bond acceptors (Lipinski definition) is 2. The van der Waals surface area contributed by atoms with E-state index in [9.17, 15) is 0 Å². The molecular weight excluding hydrogens is 172 g/mol. The predicted molar refractivity (Wildman–Crippen MR) is 48.3 cm³/mol. The van der Waals surface area contributed by atoms with E-state index in [1.165, 1.54) is 12.8 Å². The Morgan fingerprint density at radius 3 is 2.83 bits per heavy atom. The molecule has 0 bridgehead atoms. The Labute approximate surface area is 77.0 Å². The van der Waals surface area contributed by atoms with Gasteiger partial charge in [-0.25, -0.2) is 0 Å². The average molecular weight is 183 g/mol. The van der Waals surface area contributed by atoms with Crippen LogP contribution in [0.2, 0.25) is 0 Å². The summed E-state index contributed by atoms with van der Waals surface area (Å²) in [5, 5.41) is 8.22. The van der Waals surface area contributed by atoms with Crippen molar-refractivity contribution >= 4 is 11.6 Å². The third kappa shape index (κ3) is 1.44. The van der Waals surface area contributed by atoms with Gasteiger partial charge in [0.2, 0.25) is 0 Å². The van der Waals surface area contributed by atoms with Crippen molar-refractivity contribution < 1.29 is 0 Å². The topological polar surface area (TPSA) is 25.8 Å². The molecule has 12 heavy (non-hydrogen) atoms. The van der Waals surface area contributed by atoms with Gasteiger partial charge in [0.15, 0.2) is 0 Å². The summed E-state index contributed by atoms with van der Waals surface area (Å²) in [4.78, 5) is 0. The largest absolute Gasteiger partial charge is 0.156 e. The van der Waals surface area contributed by atoms with Crippen LogP contribution in [0.3, 0.4) is 0 Å². The van der Waals surface area contributed by atoms with Crippen molar-refractivity contribution in [1.29, 1.82) is 0 Å². The van der Waals surface area contributed by atoms with Crippen molar-refractivity contribution in [3.05, 3.63) is 23.0 Å². The highest BCUT2D eigenvalue weighted by Crippen LogP contribution is 2.40. The maximum absolute atomic E-state index is 5.81. The van der Waals surface area contributed by atoms with Gasteiger partial charge in [0.05, 0.1) is 11.4 Å². The Morgan fingerprint density at radius 2 is 2.25 bits per heavy atom. The third-order valence-corrected chi connectivity index (χ3v) is 2.42. The van der Waals surface area contributed by atoms with Crippen molar-refractivity contribution in [3.63, 3.8) is 0 Å². The molecule has 0 N–H and O–H groups in total. The summed E-state index contributed by atoms with van der Waals surface area (Å²) in [7, 11) is 0. The number of hydrogen-bond donors (Lipinski definition) is 0. The molecule has 0 amide bonds. The normalized spacial score (nSPS) is 16.5. The first-order valence-electron chi connectivity index (χ1n) is 4.20. The SMILES string of the molecule is Cc1cc(CCl)c(C2CC2)nn1. The van der Waals surface area contributed by atoms with Gasteiger partial charge in [0, 0.05) is 11.8 Å². The molecule has 1 aromatic rings. The number of rotatable bonds is 2. The zero-order chi connectivity index (χ0) is 8.55. The van der Waals surface area contributed by atoms with Gasteiger partial charge in [-0.3, -0.25) is 0 Å². The minimum absolute atomic E-state index is 0.558. The van der Waals surface area contributed by atoms with Gasteiger partial charge >= 0.3 is 0 Å². The molecule has 2 nitrogen and oxygen atoms in total. The molecule has 1 saturated carbocycles. The van der Waals surface area contributed by atoms with Crippen molar-refractivity contribution in [1.82, 2.24) is 10.2 Å². The minimum Gasteiger partial charge on any atom is -0.156 e. The monoisotopic (exact) mass is 182 g/mol. The molecule has 1 aliphatic carbocycles. The predicted octanol–water partition coefficient (Wildman–Crippen LogP) is 2.40. The molecule has 1 aliphatic rings. The van der Waals surface area contributed by atoms with Crippen LogP contribution >= 0.6 is 11.6 Å². The van der Waals surface area contributed by atoms with Gasteiger partial charge in [-0.2, -0.15) is 10.2 Å². The fourth-order valence-corrected chi connectivity index (χ4v) is 1.57. The van der Waals surface area contributed by atoms with E-state index in [1.807, 2.05) is 13.0 Å². The van der Waals surface area contributed by atoms with Crippen LogP contribution in [0.25, 0.3) is 0 Å². The summed E-state index contributed by atoms with van der Waals surface area (Å²) in [5.41, 5.74) is 3.23. The molecule has 2 rings (SSSR count). The first-order valence-corrected chi connectivity index (χ1v) is 4.74. The van der Waals surface area contributed by atoms with E-state index in [4.69, 9.17) is 11.6 Å². The fourth-order valence-electron chi connectivity index (χ4n) is 1.36. The Morgan fingerprint density at radius 1 is 1.50 bits per heavy atom. The van der Waals surface area contributed by atoms with Gasteiger partial charge in [-0.1, -0.05) is 0 Å². The zero-order valence-corrected chi connectivity index (χ0v) is 7.80. The summed E-state index contributed by atoms with van der Waals surface area (Å²) in [6.45, 7) is 1.94. The highest BCUT2D eigenvalue weighted by Gasteiger charge is 2.27. The van der Waals surface area contributed by atoms with Crippen LogP contribution in [0.15, 0.2) is 6.07 Å². The third-order valence-electron chi connectivity index (χ3n) is 2.14. The van der Waals surface area contributed by atoms with Crippen molar-refractivity contribution in [3.8, 4) is 0 Å². The number of aromatic nitrogens is 2. The fraction of sp³-hybridized carbons (Fsp3) is 0.556. The second kappa shape index (κ2) is 3.02. The van der Waals surface area contributed by atoms with E-state index < -0.39 is 0 Å². The van der Waals surface area contributed by atoms with Crippen LogP contribution in [-0.4, -0.2) is 10.2 Å². The van der Waals surface area contributed by atoms with E-state index in [0.29, 0.717) is 11.8 Å². The van der Waals surface area contributed by atoms with Gasteiger partial charge in [0.1, 0.15) is 0 Å². The molecule has 0 saturated heterocycles. The van der Waals surface area contributed by atoms with Gasteiger partial charge < -0.3 is 0 Å². The molecule has 1 aromatic heterocycles. The number of alkyl halides is 1. The summed E-state index contributed by atoms with van der Waals surface area (Å²) in [6.07, 6.45) is 2.50. The number of nitrogens with zero attached hydrogens (tertiary/aromatic N) is 2. The molecule has 0 unspecified atom stereocenters. The van der Waals surface area contributed by atoms with Crippen molar-refractivity contribution in [2.45, 2.75) is 31.6 Å². The quantitative estimate of drug-likeness (QED) is 0.657. The van der Waals surface area contributed by atoms with E-state index in [1.54, 1.807) is 0 Å². The molecule has 0 aliphatic heterocycles. The van der Waals surface area contributed by atoms with E-state index >= 15 is 0 Å². The molecule has 1 fully saturated rings. The lowest BCUT2D eigenvalue weighted by Crippen LogP contribution is -1.98. The number of halogens is 1. The van der Waals surface area contributed by atoms with Crippen LogP contribution in [0.4, 0.5) is 0 Å². The van der Waals surface area contributed by atoms with Gasteiger partial charge in [0.25, 0.3) is 0 Å². The molecule has 0 aromatic carbocycles. The zero-order valence-electron chi connectivity index (χ0n) is 7.05. The molecular formula is C9H11ClN2. The van der Waals surface area contributed by atoms with E-state index in [-0.39, 0.29) is 0 Å². The molecule has 64 valence electrons. The molecule has 1 heterocycles. The summed E-state index contributed by atoms with van der Waals surface area (Å²) in [5.74, 6) is 1.20. The molecule has 0 radical (unpaired) electrons. The van der Waals surface area contributed by atoms with Gasteiger partial charge in [-0.15, -0.1) is 11.6 Å². The van der Waals surface area contributed by atoms with Crippen LogP contribution in [0, 0.1) is 6.92 Å². The van der Waals surface area contributed by atoms with E-state index in [2.05, 4.69) is 10.2 Å². The maximum Gasteiger partial charge on any atom is 0.0706 e. The molecule has 0 atom stereocenters. The van der Waals surface area contributed by atoms with E-state index in [0.717, 1.165) is 17.0 Å². The second-order valence-electron chi connectivity index (χ2n) is 3.30. The van der Waals surface area contributed by atoms with Crippen LogP contribution in [0.5, 0.6) is 0 Å². The maximum atomic E-state index is 5.81. The highest BCUT2D eigenvalue weighted by molar-refractivity contribution is 6.17. The Hall–Kier alpha value is -0.630. The smallest absolute Gasteiger partial charge is 0.0706 e. The summed E-state index contributed by atoms with van der Waals surface area (Å²) < 4.78 is 0. The first kappa shape index (κ1) is 7.99. The molecule has 3 heteroatoms. The Balaban J connectivity index is 2.38. The average Bonchev–Trinajstić information content (AvgIpc) is 2.87. The van der Waals surface area contributed by atoms with Crippen LogP contribution in [0.1, 0.15) is 35.7 Å². The first-order chi connectivity index (χ1) is 5.81. The number of aryl methyl sites for hydroxylation is 1. The Kier molecular flexibility index (Phi) is 2.01. The lowest BCUT2D eigenvalue weighted by atomic mass is 10.1. The second-order valence-corrected chi connectivity index (χ2v) is 3.57. The minimum atomic E-state index is 0.558. The van der Waals surface area contributed by atoms with Crippen LogP contribution < -0.4 is 0 Å². The van der Waals surface area contributed by atoms with Crippen molar-refractivity contribution in [2.24, 2.45) is 0 Å². The lowest BCUT2D eigenvalue weighted by Gasteiger charge is -2.03. The van der Waals surface area contributed by atoms with Crippen molar-refractivity contribution in [2.75, 3.05) is 0 Å². The standard InChI is InChI=1S/C9H11ClN2/c1-6-4-8(5-10)9(12-11-6)7-2-3-7/h4,7H,2-3,5H2,1H3. The summed E-state index contributed by atoms with van der Waals surface area (Å²) >= 11 is 5.81.